The predicted octanol–water partition coefficient (Wildman–Crippen LogP) is 4.91. The molecule has 2 heterocycles. The van der Waals surface area contributed by atoms with Crippen LogP contribution in [0, 0.1) is 11.7 Å². The van der Waals surface area contributed by atoms with E-state index in [0.717, 1.165) is 25.1 Å². The van der Waals surface area contributed by atoms with E-state index >= 15 is 0 Å². The molecule has 2 aromatic rings. The van der Waals surface area contributed by atoms with Gasteiger partial charge in [-0.15, -0.1) is 0 Å². The summed E-state index contributed by atoms with van der Waals surface area (Å²) in [5.41, 5.74) is 0.831. The number of aromatic nitrogens is 1. The first kappa shape index (κ1) is 16.8. The smallest absolute Gasteiger partial charge is 0.164 e. The van der Waals surface area contributed by atoms with E-state index in [1.165, 1.54) is 6.07 Å². The highest BCUT2D eigenvalue weighted by atomic mass is 35.5. The van der Waals surface area contributed by atoms with Crippen molar-refractivity contribution in [1.29, 1.82) is 0 Å². The van der Waals surface area contributed by atoms with Crippen LogP contribution in [0.25, 0.3) is 0 Å². The van der Waals surface area contributed by atoms with Gasteiger partial charge in [0.15, 0.2) is 5.82 Å². The lowest BCUT2D eigenvalue weighted by Gasteiger charge is -2.25. The summed E-state index contributed by atoms with van der Waals surface area (Å²) in [6.45, 7) is 1.70. The molecular weight excluding hydrogens is 362 g/mol. The van der Waals surface area contributed by atoms with E-state index < -0.39 is 5.82 Å². The van der Waals surface area contributed by atoms with E-state index in [2.05, 4.69) is 10.3 Å². The molecule has 2 atom stereocenters. The van der Waals surface area contributed by atoms with Gasteiger partial charge in [0.1, 0.15) is 16.9 Å². The van der Waals surface area contributed by atoms with E-state index in [-0.39, 0.29) is 27.8 Å². The van der Waals surface area contributed by atoms with Crippen LogP contribution in [0.3, 0.4) is 0 Å². The SMILES string of the molecule is Fc1c(Cl)ccc(OC(c2cncc(Cl)c2)C2CCNC2)c1Cl. The molecule has 0 spiro atoms. The summed E-state index contributed by atoms with van der Waals surface area (Å²) in [6, 6.07) is 4.80. The van der Waals surface area contributed by atoms with Crippen LogP contribution in [-0.2, 0) is 0 Å². The minimum absolute atomic E-state index is 0.0362. The molecule has 1 N–H and O–H groups in total. The van der Waals surface area contributed by atoms with E-state index in [1.807, 2.05) is 0 Å². The highest BCUT2D eigenvalue weighted by Crippen LogP contribution is 2.38. The molecule has 0 radical (unpaired) electrons. The van der Waals surface area contributed by atoms with Gasteiger partial charge < -0.3 is 10.1 Å². The van der Waals surface area contributed by atoms with Crippen LogP contribution in [0.5, 0.6) is 5.75 Å². The molecule has 3 rings (SSSR count). The third-order valence-corrected chi connectivity index (χ3v) is 4.69. The minimum Gasteiger partial charge on any atom is -0.484 e. The van der Waals surface area contributed by atoms with Crippen molar-refractivity contribution in [3.05, 3.63) is 57.0 Å². The molecule has 122 valence electrons. The number of hydrogen-bond acceptors (Lipinski definition) is 3. The Kier molecular flexibility index (Phi) is 5.27. The molecule has 0 aliphatic carbocycles. The van der Waals surface area contributed by atoms with Gasteiger partial charge in [-0.25, -0.2) is 4.39 Å². The quantitative estimate of drug-likeness (QED) is 0.771. The number of pyridine rings is 1. The van der Waals surface area contributed by atoms with Crippen LogP contribution in [-0.4, -0.2) is 18.1 Å². The molecule has 0 amide bonds. The number of hydrogen-bond donors (Lipinski definition) is 1. The zero-order valence-corrected chi connectivity index (χ0v) is 14.3. The molecule has 1 aliphatic heterocycles. The number of halogens is 4. The third kappa shape index (κ3) is 3.72. The van der Waals surface area contributed by atoms with Crippen LogP contribution in [0.2, 0.25) is 15.1 Å². The fourth-order valence-corrected chi connectivity index (χ4v) is 3.29. The molecule has 0 saturated carbocycles. The fourth-order valence-electron chi connectivity index (χ4n) is 2.69. The molecule has 1 fully saturated rings. The number of benzene rings is 1. The summed E-state index contributed by atoms with van der Waals surface area (Å²) in [7, 11) is 0. The van der Waals surface area contributed by atoms with Crippen molar-refractivity contribution in [2.75, 3.05) is 13.1 Å². The summed E-state index contributed by atoms with van der Waals surface area (Å²) in [4.78, 5) is 4.11. The Hall–Kier alpha value is -1.07. The van der Waals surface area contributed by atoms with Gasteiger partial charge in [0.05, 0.1) is 10.0 Å². The second kappa shape index (κ2) is 7.22. The van der Waals surface area contributed by atoms with Crippen LogP contribution < -0.4 is 10.1 Å². The van der Waals surface area contributed by atoms with Crippen molar-refractivity contribution in [1.82, 2.24) is 10.3 Å². The van der Waals surface area contributed by atoms with Crippen molar-refractivity contribution < 1.29 is 9.13 Å². The molecule has 3 nitrogen and oxygen atoms in total. The van der Waals surface area contributed by atoms with Gasteiger partial charge in [-0.2, -0.15) is 0 Å². The topological polar surface area (TPSA) is 34.1 Å². The van der Waals surface area contributed by atoms with Gasteiger partial charge in [0.2, 0.25) is 0 Å². The zero-order chi connectivity index (χ0) is 16.4. The summed E-state index contributed by atoms with van der Waals surface area (Å²) >= 11 is 17.8. The van der Waals surface area contributed by atoms with Crippen molar-refractivity contribution in [2.45, 2.75) is 12.5 Å². The minimum atomic E-state index is -0.682. The van der Waals surface area contributed by atoms with Crippen LogP contribution in [0.4, 0.5) is 4.39 Å². The molecule has 1 aromatic carbocycles. The summed E-state index contributed by atoms with van der Waals surface area (Å²) in [5, 5.41) is 3.66. The van der Waals surface area contributed by atoms with E-state index in [4.69, 9.17) is 39.5 Å². The van der Waals surface area contributed by atoms with Crippen molar-refractivity contribution in [2.24, 2.45) is 5.92 Å². The average molecular weight is 376 g/mol. The Bertz CT molecular complexity index is 708. The van der Waals surface area contributed by atoms with Gasteiger partial charge in [-0.05, 0) is 31.2 Å². The Morgan fingerprint density at radius 2 is 2.09 bits per heavy atom. The van der Waals surface area contributed by atoms with Gasteiger partial charge in [0.25, 0.3) is 0 Å². The van der Waals surface area contributed by atoms with Crippen LogP contribution >= 0.6 is 34.8 Å². The second-order valence-electron chi connectivity index (χ2n) is 5.40. The molecule has 7 heteroatoms. The molecule has 1 aromatic heterocycles. The lowest BCUT2D eigenvalue weighted by molar-refractivity contribution is 0.144. The number of nitrogens with one attached hydrogen (secondary N) is 1. The van der Waals surface area contributed by atoms with Crippen molar-refractivity contribution in [3.8, 4) is 5.75 Å². The Morgan fingerprint density at radius 3 is 2.78 bits per heavy atom. The molecule has 2 unspecified atom stereocenters. The maximum atomic E-state index is 13.9. The first-order valence-electron chi connectivity index (χ1n) is 7.17. The Morgan fingerprint density at radius 1 is 1.26 bits per heavy atom. The van der Waals surface area contributed by atoms with E-state index in [9.17, 15) is 4.39 Å². The monoisotopic (exact) mass is 374 g/mol. The number of nitrogens with zero attached hydrogens (tertiary/aromatic N) is 1. The van der Waals surface area contributed by atoms with Crippen LogP contribution in [0.1, 0.15) is 18.1 Å². The zero-order valence-electron chi connectivity index (χ0n) is 12.0. The van der Waals surface area contributed by atoms with Gasteiger partial charge in [-0.3, -0.25) is 4.98 Å². The van der Waals surface area contributed by atoms with Gasteiger partial charge in [0, 0.05) is 30.4 Å². The van der Waals surface area contributed by atoms with Crippen LogP contribution in [0.15, 0.2) is 30.6 Å². The first-order chi connectivity index (χ1) is 11.1. The lowest BCUT2D eigenvalue weighted by atomic mass is 9.96. The molecule has 1 saturated heterocycles. The average Bonchev–Trinajstić information content (AvgIpc) is 3.06. The maximum absolute atomic E-state index is 13.9. The highest BCUT2D eigenvalue weighted by molar-refractivity contribution is 6.35. The van der Waals surface area contributed by atoms with Crippen molar-refractivity contribution in [3.63, 3.8) is 0 Å². The number of ether oxygens (including phenoxy) is 1. The first-order valence-corrected chi connectivity index (χ1v) is 8.31. The largest absolute Gasteiger partial charge is 0.484 e. The summed E-state index contributed by atoms with van der Waals surface area (Å²) in [5.74, 6) is -0.214. The molecule has 23 heavy (non-hydrogen) atoms. The Labute approximate surface area is 148 Å². The van der Waals surface area contributed by atoms with E-state index in [0.29, 0.717) is 5.02 Å². The standard InChI is InChI=1S/C16H14Cl3FN2O/c17-11-5-10(7-22-8-11)16(9-3-4-21-6-9)23-13-2-1-12(18)15(20)14(13)19/h1-2,5,7-9,16,21H,3-4,6H2. The maximum Gasteiger partial charge on any atom is 0.164 e. The molecule has 0 bridgehead atoms. The normalized spacial score (nSPS) is 18.9. The highest BCUT2D eigenvalue weighted by Gasteiger charge is 2.29. The van der Waals surface area contributed by atoms with Gasteiger partial charge in [-0.1, -0.05) is 34.8 Å². The van der Waals surface area contributed by atoms with Gasteiger partial charge >= 0.3 is 0 Å². The fraction of sp³-hybridized carbons (Fsp3) is 0.312. The third-order valence-electron chi connectivity index (χ3n) is 3.83. The van der Waals surface area contributed by atoms with Crippen molar-refractivity contribution >= 4 is 34.8 Å². The summed E-state index contributed by atoms with van der Waals surface area (Å²) in [6.07, 6.45) is 3.87. The second-order valence-corrected chi connectivity index (χ2v) is 6.62. The molecule has 1 aliphatic rings. The number of rotatable bonds is 4. The predicted molar refractivity (Wildman–Crippen MR) is 90.0 cm³/mol. The van der Waals surface area contributed by atoms with E-state index in [1.54, 1.807) is 24.5 Å². The summed E-state index contributed by atoms with van der Waals surface area (Å²) < 4.78 is 19.9. The Balaban J connectivity index is 1.94. The molecular formula is C16H14Cl3FN2O. The lowest BCUT2D eigenvalue weighted by Crippen LogP contribution is -2.21.